The van der Waals surface area contributed by atoms with Gasteiger partial charge in [0.1, 0.15) is 11.4 Å². The number of methoxy groups -OCH3 is 1. The van der Waals surface area contributed by atoms with Crippen molar-refractivity contribution >= 4 is 17.9 Å². The number of hydrogen-bond acceptors (Lipinski definition) is 8. The van der Waals surface area contributed by atoms with Gasteiger partial charge in [0, 0.05) is 38.6 Å². The van der Waals surface area contributed by atoms with Crippen molar-refractivity contribution in [2.75, 3.05) is 38.2 Å². The molecule has 3 heterocycles. The van der Waals surface area contributed by atoms with Gasteiger partial charge >= 0.3 is 12.1 Å². The normalized spacial score (nSPS) is 21.1. The summed E-state index contributed by atoms with van der Waals surface area (Å²) in [5.74, 6) is 1.22. The Labute approximate surface area is 187 Å². The van der Waals surface area contributed by atoms with Crippen LogP contribution in [0.3, 0.4) is 0 Å². The van der Waals surface area contributed by atoms with E-state index >= 15 is 0 Å². The number of amides is 1. The molecule has 2 fully saturated rings. The van der Waals surface area contributed by atoms with Crippen LogP contribution in [0.2, 0.25) is 0 Å². The molecule has 10 heteroatoms. The predicted octanol–water partition coefficient (Wildman–Crippen LogP) is 2.52. The summed E-state index contributed by atoms with van der Waals surface area (Å²) in [4.78, 5) is 36.9. The van der Waals surface area contributed by atoms with Crippen molar-refractivity contribution in [3.8, 4) is 11.4 Å². The second kappa shape index (κ2) is 8.76. The van der Waals surface area contributed by atoms with E-state index in [1.807, 2.05) is 37.7 Å². The third-order valence-electron chi connectivity index (χ3n) is 5.78. The van der Waals surface area contributed by atoms with E-state index < -0.39 is 5.60 Å². The Morgan fingerprint density at radius 2 is 1.84 bits per heavy atom. The number of nitrogens with zero attached hydrogens (tertiary/aromatic N) is 6. The molecule has 2 aliphatic rings. The molecule has 4 rings (SSSR count). The molecule has 0 atom stereocenters. The molecule has 1 saturated heterocycles. The van der Waals surface area contributed by atoms with Gasteiger partial charge in [0.2, 0.25) is 0 Å². The largest absolute Gasteiger partial charge is 0.469 e. The number of anilines is 1. The van der Waals surface area contributed by atoms with Crippen molar-refractivity contribution in [1.29, 1.82) is 0 Å². The van der Waals surface area contributed by atoms with E-state index in [-0.39, 0.29) is 24.0 Å². The number of rotatable bonds is 4. The van der Waals surface area contributed by atoms with E-state index in [1.54, 1.807) is 17.3 Å². The van der Waals surface area contributed by atoms with Gasteiger partial charge in [-0.2, -0.15) is 5.10 Å². The summed E-state index contributed by atoms with van der Waals surface area (Å²) in [6, 6.07) is 2.07. The average molecular weight is 443 g/mol. The molecule has 32 heavy (non-hydrogen) atoms. The van der Waals surface area contributed by atoms with Gasteiger partial charge in [0.25, 0.3) is 0 Å². The maximum Gasteiger partial charge on any atom is 0.410 e. The highest BCUT2D eigenvalue weighted by atomic mass is 16.6. The zero-order valence-electron chi connectivity index (χ0n) is 19.0. The van der Waals surface area contributed by atoms with Crippen molar-refractivity contribution in [1.82, 2.24) is 24.6 Å². The minimum absolute atomic E-state index is 0.0448. The zero-order chi connectivity index (χ0) is 22.9. The van der Waals surface area contributed by atoms with Crippen LogP contribution in [-0.4, -0.2) is 75.6 Å². The fourth-order valence-electron chi connectivity index (χ4n) is 3.93. The van der Waals surface area contributed by atoms with Crippen molar-refractivity contribution in [2.45, 2.75) is 45.3 Å². The van der Waals surface area contributed by atoms with E-state index in [0.717, 1.165) is 24.2 Å². The van der Waals surface area contributed by atoms with Gasteiger partial charge in [-0.3, -0.25) is 9.48 Å². The number of esters is 1. The van der Waals surface area contributed by atoms with Crippen LogP contribution in [0.5, 0.6) is 0 Å². The monoisotopic (exact) mass is 442 g/mol. The molecule has 0 N–H and O–H groups in total. The Bertz CT molecular complexity index is 971. The Hall–Kier alpha value is -3.17. The molecule has 0 radical (unpaired) electrons. The van der Waals surface area contributed by atoms with Gasteiger partial charge in [-0.1, -0.05) is 0 Å². The first kappa shape index (κ1) is 22.0. The molecule has 0 unspecified atom stereocenters. The number of carbonyl (C=O) groups is 2. The third kappa shape index (κ3) is 4.84. The van der Waals surface area contributed by atoms with Gasteiger partial charge in [-0.15, -0.1) is 0 Å². The molecule has 0 aromatic carbocycles. The van der Waals surface area contributed by atoms with Crippen LogP contribution in [0, 0.1) is 5.92 Å². The maximum atomic E-state index is 12.3. The smallest absolute Gasteiger partial charge is 0.410 e. The van der Waals surface area contributed by atoms with Gasteiger partial charge in [0.15, 0.2) is 5.82 Å². The first-order chi connectivity index (χ1) is 15.2. The van der Waals surface area contributed by atoms with E-state index in [4.69, 9.17) is 14.5 Å². The number of hydrogen-bond donors (Lipinski definition) is 0. The topological polar surface area (TPSA) is 103 Å². The summed E-state index contributed by atoms with van der Waals surface area (Å²) in [7, 11) is 1.42. The number of aromatic nitrogens is 4. The van der Waals surface area contributed by atoms with E-state index in [2.05, 4.69) is 15.0 Å². The van der Waals surface area contributed by atoms with Crippen LogP contribution in [0.15, 0.2) is 24.7 Å². The lowest BCUT2D eigenvalue weighted by molar-refractivity contribution is -0.149. The van der Waals surface area contributed by atoms with Gasteiger partial charge in [-0.05, 0) is 39.7 Å². The van der Waals surface area contributed by atoms with Crippen LogP contribution in [0.25, 0.3) is 11.4 Å². The van der Waals surface area contributed by atoms with Crippen molar-refractivity contribution < 1.29 is 19.1 Å². The molecular formula is C22H30N6O4. The quantitative estimate of drug-likeness (QED) is 0.666. The molecule has 172 valence electrons. The lowest BCUT2D eigenvalue weighted by atomic mass is 9.80. The van der Waals surface area contributed by atoms with Crippen LogP contribution < -0.4 is 4.90 Å². The van der Waals surface area contributed by atoms with Crippen molar-refractivity contribution in [3.63, 3.8) is 0 Å². The predicted molar refractivity (Wildman–Crippen MR) is 117 cm³/mol. The van der Waals surface area contributed by atoms with Crippen LogP contribution in [0.4, 0.5) is 10.6 Å². The molecule has 2 aromatic rings. The van der Waals surface area contributed by atoms with Crippen LogP contribution in [-0.2, 0) is 14.3 Å². The van der Waals surface area contributed by atoms with Gasteiger partial charge in [0.05, 0.1) is 30.8 Å². The van der Waals surface area contributed by atoms with Crippen LogP contribution in [0.1, 0.15) is 39.7 Å². The van der Waals surface area contributed by atoms with Gasteiger partial charge in [-0.25, -0.2) is 14.8 Å². The highest BCUT2D eigenvalue weighted by Crippen LogP contribution is 2.38. The van der Waals surface area contributed by atoms with E-state index in [0.29, 0.717) is 32.0 Å². The molecule has 10 nitrogen and oxygen atoms in total. The summed E-state index contributed by atoms with van der Waals surface area (Å²) in [6.07, 6.45) is 6.61. The molecule has 1 saturated carbocycles. The van der Waals surface area contributed by atoms with E-state index in [9.17, 15) is 9.59 Å². The number of ether oxygens (including phenoxy) is 2. The summed E-state index contributed by atoms with van der Waals surface area (Å²) < 4.78 is 12.1. The molecular weight excluding hydrogens is 412 g/mol. The lowest BCUT2D eigenvalue weighted by Gasteiger charge is -2.36. The third-order valence-corrected chi connectivity index (χ3v) is 5.78. The summed E-state index contributed by atoms with van der Waals surface area (Å²) >= 11 is 0. The highest BCUT2D eigenvalue weighted by molar-refractivity contribution is 5.73. The molecule has 0 bridgehead atoms. The first-order valence-corrected chi connectivity index (χ1v) is 10.9. The Morgan fingerprint density at radius 3 is 2.50 bits per heavy atom. The molecule has 2 aromatic heterocycles. The minimum Gasteiger partial charge on any atom is -0.469 e. The second-order valence-electron chi connectivity index (χ2n) is 9.25. The van der Waals surface area contributed by atoms with Crippen LogP contribution >= 0.6 is 0 Å². The van der Waals surface area contributed by atoms with Crippen molar-refractivity contribution in [3.05, 3.63) is 24.7 Å². The van der Waals surface area contributed by atoms with E-state index in [1.165, 1.54) is 7.11 Å². The highest BCUT2D eigenvalue weighted by Gasteiger charge is 2.37. The molecule has 1 aliphatic heterocycles. The minimum atomic E-state index is -0.500. The maximum absolute atomic E-state index is 12.3. The fourth-order valence-corrected chi connectivity index (χ4v) is 3.93. The van der Waals surface area contributed by atoms with Gasteiger partial charge < -0.3 is 19.3 Å². The Kier molecular flexibility index (Phi) is 6.03. The summed E-state index contributed by atoms with van der Waals surface area (Å²) in [6.45, 7) is 8.11. The van der Waals surface area contributed by atoms with Crippen molar-refractivity contribution in [2.24, 2.45) is 5.92 Å². The summed E-state index contributed by atoms with van der Waals surface area (Å²) in [5.41, 5.74) is 0.334. The lowest BCUT2D eigenvalue weighted by Crippen LogP contribution is -2.50. The second-order valence-corrected chi connectivity index (χ2v) is 9.25. The molecule has 1 amide bonds. The first-order valence-electron chi connectivity index (χ1n) is 10.9. The average Bonchev–Trinajstić information content (AvgIpc) is 3.21. The Morgan fingerprint density at radius 1 is 1.12 bits per heavy atom. The fraction of sp³-hybridized carbons (Fsp3) is 0.591. The number of carbonyl (C=O) groups excluding carboxylic acids is 2. The SMILES string of the molecule is COC(=O)[C@H]1C[C@H](n2cc(-c3nccc(N4CCN(C(=O)OC(C)(C)C)CC4)n3)cn2)C1. The zero-order valence-corrected chi connectivity index (χ0v) is 19.0. The Balaban J connectivity index is 1.36. The summed E-state index contributed by atoms with van der Waals surface area (Å²) in [5, 5.41) is 4.45. The number of piperazine rings is 1. The molecule has 0 spiro atoms. The molecule has 1 aliphatic carbocycles. The standard InChI is InChI=1S/C22H30N6O4/c1-22(2,3)32-21(30)27-9-7-26(8-10-27)18-5-6-23-19(25-18)16-13-24-28(14-16)17-11-15(12-17)20(29)31-4/h5-6,13-15,17H,7-12H2,1-4H3/t15-,17-.